The van der Waals surface area contributed by atoms with Crippen molar-refractivity contribution >= 4 is 24.7 Å². The second-order valence-corrected chi connectivity index (χ2v) is 0.848. The molecule has 0 amide bonds. The summed E-state index contributed by atoms with van der Waals surface area (Å²) in [6.07, 6.45) is 0. The van der Waals surface area contributed by atoms with Crippen molar-refractivity contribution in [1.82, 2.24) is 0 Å². The first-order valence-corrected chi connectivity index (χ1v) is 2.28. The number of nitrogens with zero attached hydrogens (tertiary/aromatic N) is 2. The molecule has 0 heterocycles. The Morgan fingerprint density at radius 2 is 1.71 bits per heavy atom. The fraction of sp³-hybridized carbons (Fsp3) is 0. The second-order valence-electron chi connectivity index (χ2n) is 0.283. The zero-order chi connectivity index (χ0) is 6.12. The van der Waals surface area contributed by atoms with E-state index in [-0.39, 0.29) is 12.0 Å². The zero-order valence-electron chi connectivity index (χ0n) is 3.20. The van der Waals surface area contributed by atoms with Crippen molar-refractivity contribution in [3.63, 3.8) is 0 Å². The molecular weight excluding hydrogens is 132 g/mol. The van der Waals surface area contributed by atoms with Crippen LogP contribution >= 0.6 is 24.7 Å². The van der Waals surface area contributed by atoms with E-state index < -0.39 is 0 Å². The third-order valence-electron chi connectivity index (χ3n) is 0.0408. The van der Waals surface area contributed by atoms with Gasteiger partial charge >= 0.3 is 0 Å². The molecule has 7 heavy (non-hydrogen) atoms. The summed E-state index contributed by atoms with van der Waals surface area (Å²) in [6.45, 7) is 0. The van der Waals surface area contributed by atoms with Gasteiger partial charge in [0.15, 0.2) is 5.40 Å². The van der Waals surface area contributed by atoms with Gasteiger partial charge in [0.2, 0.25) is 0 Å². The van der Waals surface area contributed by atoms with Gasteiger partial charge in [0.1, 0.15) is 17.4 Å². The summed E-state index contributed by atoms with van der Waals surface area (Å²) >= 11 is 3.26. The van der Waals surface area contributed by atoms with Crippen molar-refractivity contribution in [2.45, 2.75) is 0 Å². The Morgan fingerprint density at radius 3 is 1.71 bits per heavy atom. The molecule has 0 spiro atoms. The van der Waals surface area contributed by atoms with Crippen LogP contribution in [0, 0.1) is 21.3 Å². The van der Waals surface area contributed by atoms with Gasteiger partial charge in [-0.25, -0.2) is 0 Å². The molecule has 1 N–H and O–H groups in total. The number of thiocyanates is 2. The third kappa shape index (κ3) is 182. The Kier molecular flexibility index (Phi) is 24.4. The maximum atomic E-state index is 7.43. The van der Waals surface area contributed by atoms with Gasteiger partial charge in [-0.2, -0.15) is 10.5 Å². The van der Waals surface area contributed by atoms with Crippen molar-refractivity contribution in [3.8, 4) is 10.8 Å². The zero-order valence-corrected chi connectivity index (χ0v) is 4.91. The lowest BCUT2D eigenvalue weighted by molar-refractivity contribution is 0.672. The molecule has 0 aromatic rings. The molecule has 0 aliphatic carbocycles. The predicted molar refractivity (Wildman–Crippen MR) is 30.4 cm³/mol. The average Bonchev–Trinajstić information content (AvgIpc) is 1.69. The van der Waals surface area contributed by atoms with Gasteiger partial charge in [-0.15, -0.1) is 0 Å². The van der Waals surface area contributed by atoms with E-state index in [1.54, 1.807) is 0 Å². The molecule has 0 rings (SSSR count). The summed E-state index contributed by atoms with van der Waals surface area (Å²) in [6, 6.07) is 0. The predicted octanol–water partition coefficient (Wildman–Crippen LogP) is 1.07. The standard InChI is InChI=1S/CHNOS.CHNS/c2-1-4-3;2-1-3/h3H;3H. The molecule has 0 aromatic heterocycles. The van der Waals surface area contributed by atoms with Crippen LogP contribution in [0.3, 0.4) is 0 Å². The number of hydrogen-bond donors (Lipinski definition) is 2. The molecule has 0 aliphatic rings. The van der Waals surface area contributed by atoms with Crippen LogP contribution in [-0.4, -0.2) is 4.55 Å². The smallest absolute Gasteiger partial charge is 0.162 e. The van der Waals surface area contributed by atoms with E-state index in [4.69, 9.17) is 15.1 Å². The van der Waals surface area contributed by atoms with Gasteiger partial charge in [-0.05, 0) is 0 Å². The molecule has 3 nitrogen and oxygen atoms in total. The Labute approximate surface area is 51.2 Å². The highest BCUT2D eigenvalue weighted by Crippen LogP contribution is 1.77. The fourth-order valence-electron chi connectivity index (χ4n) is 0. The summed E-state index contributed by atoms with van der Waals surface area (Å²) in [4.78, 5) is 0. The van der Waals surface area contributed by atoms with Crippen LogP contribution in [-0.2, 0) is 0 Å². The molecule has 0 bridgehead atoms. The molecule has 0 aromatic carbocycles. The van der Waals surface area contributed by atoms with Gasteiger partial charge in [0, 0.05) is 0 Å². The maximum Gasteiger partial charge on any atom is 0.162 e. The summed E-state index contributed by atoms with van der Waals surface area (Å²) in [5, 5.41) is 17.4. The van der Waals surface area contributed by atoms with E-state index in [9.17, 15) is 0 Å². The van der Waals surface area contributed by atoms with Gasteiger partial charge in [0.05, 0.1) is 0 Å². The molecule has 0 unspecified atom stereocenters. The van der Waals surface area contributed by atoms with Crippen LogP contribution in [0.1, 0.15) is 0 Å². The van der Waals surface area contributed by atoms with Crippen LogP contribution < -0.4 is 0 Å². The van der Waals surface area contributed by atoms with E-state index in [2.05, 4.69) is 12.6 Å². The third-order valence-corrected chi connectivity index (χ3v) is 0.122. The highest BCUT2D eigenvalue weighted by atomic mass is 32.2. The molecule has 0 fully saturated rings. The second kappa shape index (κ2) is 17.4. The minimum atomic E-state index is 0.162. The lowest BCUT2D eigenvalue weighted by Crippen LogP contribution is -1.30. The monoisotopic (exact) mass is 134 g/mol. The number of thiol groups is 1. The number of rotatable bonds is 0. The van der Waals surface area contributed by atoms with E-state index in [0.717, 1.165) is 0 Å². The number of nitriles is 2. The van der Waals surface area contributed by atoms with Crippen molar-refractivity contribution in [3.05, 3.63) is 0 Å². The quantitative estimate of drug-likeness (QED) is 0.295. The maximum absolute atomic E-state index is 7.43. The van der Waals surface area contributed by atoms with Crippen LogP contribution in [0.4, 0.5) is 0 Å². The SMILES string of the molecule is N#CS.N#CSO. The summed E-state index contributed by atoms with van der Waals surface area (Å²) < 4.78 is 7.43. The molecule has 0 radical (unpaired) electrons. The summed E-state index contributed by atoms with van der Waals surface area (Å²) in [7, 11) is 0. The Hall–Kier alpha value is -0.360. The molecule has 0 aliphatic heterocycles. The van der Waals surface area contributed by atoms with Gasteiger partial charge in [-0.3, -0.25) is 0 Å². The van der Waals surface area contributed by atoms with E-state index in [1.165, 1.54) is 10.8 Å². The minimum Gasteiger partial charge on any atom is -0.318 e. The Morgan fingerprint density at radius 1 is 1.57 bits per heavy atom. The molecule has 5 heteroatoms. The van der Waals surface area contributed by atoms with Crippen LogP contribution in [0.2, 0.25) is 0 Å². The molecule has 0 atom stereocenters. The highest BCUT2D eigenvalue weighted by molar-refractivity contribution is 7.98. The first kappa shape index (κ1) is 9.81. The molecule has 0 saturated carbocycles. The Bertz CT molecular complexity index is 90.8. The van der Waals surface area contributed by atoms with Crippen molar-refractivity contribution in [2.24, 2.45) is 0 Å². The minimum absolute atomic E-state index is 0.162. The lowest BCUT2D eigenvalue weighted by Gasteiger charge is -1.48. The van der Waals surface area contributed by atoms with Crippen LogP contribution in [0.15, 0.2) is 0 Å². The molecule has 0 saturated heterocycles. The van der Waals surface area contributed by atoms with Crippen molar-refractivity contribution < 1.29 is 4.55 Å². The topological polar surface area (TPSA) is 67.8 Å². The largest absolute Gasteiger partial charge is 0.318 e. The molecular formula is C2H2N2OS2. The van der Waals surface area contributed by atoms with Gasteiger partial charge < -0.3 is 4.55 Å². The summed E-state index contributed by atoms with van der Waals surface area (Å²) in [5.74, 6) is 0. The normalized spacial score (nSPS) is 4.00. The molecule has 38 valence electrons. The van der Waals surface area contributed by atoms with Crippen LogP contribution in [0.25, 0.3) is 0 Å². The fourth-order valence-corrected chi connectivity index (χ4v) is 0. The average molecular weight is 134 g/mol. The highest BCUT2D eigenvalue weighted by Gasteiger charge is 1.52. The van der Waals surface area contributed by atoms with Crippen molar-refractivity contribution in [1.29, 1.82) is 10.5 Å². The number of hydrogen-bond acceptors (Lipinski definition) is 5. The van der Waals surface area contributed by atoms with Gasteiger partial charge in [-0.1, -0.05) is 12.6 Å². The van der Waals surface area contributed by atoms with Crippen LogP contribution in [0.5, 0.6) is 0 Å². The first-order valence-electron chi connectivity index (χ1n) is 1.06. The summed E-state index contributed by atoms with van der Waals surface area (Å²) in [5.41, 5.74) is 0. The van der Waals surface area contributed by atoms with E-state index in [0.29, 0.717) is 0 Å². The van der Waals surface area contributed by atoms with Gasteiger partial charge in [0.25, 0.3) is 0 Å². The van der Waals surface area contributed by atoms with E-state index in [1.807, 2.05) is 0 Å². The van der Waals surface area contributed by atoms with Crippen molar-refractivity contribution in [2.75, 3.05) is 0 Å². The first-order chi connectivity index (χ1) is 3.33. The lowest BCUT2D eigenvalue weighted by atomic mass is 11.8. The Balaban J connectivity index is 0. The van der Waals surface area contributed by atoms with E-state index >= 15 is 0 Å².